The van der Waals surface area contributed by atoms with E-state index in [2.05, 4.69) is 10.5 Å². The lowest BCUT2D eigenvalue weighted by molar-refractivity contribution is -0.385. The summed E-state index contributed by atoms with van der Waals surface area (Å²) in [5.74, 6) is -0.487. The van der Waals surface area contributed by atoms with Crippen molar-refractivity contribution in [2.45, 2.75) is 13.8 Å². The summed E-state index contributed by atoms with van der Waals surface area (Å²) in [5.41, 5.74) is 3.51. The first-order valence-corrected chi connectivity index (χ1v) is 10.4. The second-order valence-corrected chi connectivity index (χ2v) is 7.41. The van der Waals surface area contributed by atoms with Crippen molar-refractivity contribution >= 4 is 35.1 Å². The molecule has 3 rings (SSSR count). The van der Waals surface area contributed by atoms with Gasteiger partial charge in [0, 0.05) is 11.6 Å². The van der Waals surface area contributed by atoms with Gasteiger partial charge in [-0.05, 0) is 61.2 Å². The Morgan fingerprint density at radius 3 is 2.66 bits per heavy atom. The van der Waals surface area contributed by atoms with E-state index in [1.807, 2.05) is 0 Å². The molecule has 0 unspecified atom stereocenters. The third-order valence-electron chi connectivity index (χ3n) is 4.22. The monoisotopic (exact) mass is 453 g/mol. The Balaban J connectivity index is 1.73. The highest BCUT2D eigenvalue weighted by Gasteiger charge is 2.17. The highest BCUT2D eigenvalue weighted by atomic mass is 32.1. The summed E-state index contributed by atoms with van der Waals surface area (Å²) in [4.78, 5) is 35.4. The van der Waals surface area contributed by atoms with E-state index in [1.165, 1.54) is 35.8 Å². The number of rotatable bonds is 8. The lowest BCUT2D eigenvalue weighted by atomic mass is 10.1. The minimum atomic E-state index is -0.673. The smallest absolute Gasteiger partial charge is 0.343 e. The van der Waals surface area contributed by atoms with Gasteiger partial charge in [-0.1, -0.05) is 6.07 Å². The topological polar surface area (TPSA) is 120 Å². The average Bonchev–Trinajstić information content (AvgIpc) is 3.30. The lowest BCUT2D eigenvalue weighted by Gasteiger charge is -2.11. The molecule has 0 saturated heterocycles. The molecule has 9 nitrogen and oxygen atoms in total. The van der Waals surface area contributed by atoms with Gasteiger partial charge in [0.25, 0.3) is 11.6 Å². The van der Waals surface area contributed by atoms with Gasteiger partial charge >= 0.3 is 5.97 Å². The van der Waals surface area contributed by atoms with Crippen molar-refractivity contribution in [1.82, 2.24) is 5.43 Å². The summed E-state index contributed by atoms with van der Waals surface area (Å²) < 4.78 is 11.0. The number of aryl methyl sites for hydroxylation is 1. The quantitative estimate of drug-likeness (QED) is 0.178. The molecule has 2 aromatic carbocycles. The van der Waals surface area contributed by atoms with E-state index in [4.69, 9.17) is 9.47 Å². The van der Waals surface area contributed by atoms with Crippen molar-refractivity contribution < 1.29 is 24.0 Å². The number of benzene rings is 2. The number of nitro groups is 1. The number of hydrogen-bond donors (Lipinski definition) is 1. The number of nitro benzene ring substituents is 1. The summed E-state index contributed by atoms with van der Waals surface area (Å²) in [6.45, 7) is 3.66. The van der Waals surface area contributed by atoms with Crippen molar-refractivity contribution in [3.05, 3.63) is 85.6 Å². The van der Waals surface area contributed by atoms with Crippen LogP contribution in [0.15, 0.2) is 59.0 Å². The molecule has 1 N–H and O–H groups in total. The van der Waals surface area contributed by atoms with E-state index in [0.29, 0.717) is 28.4 Å². The number of esters is 1. The van der Waals surface area contributed by atoms with Gasteiger partial charge < -0.3 is 9.47 Å². The fourth-order valence-corrected chi connectivity index (χ4v) is 3.35. The molecular weight excluding hydrogens is 434 g/mol. The Morgan fingerprint density at radius 2 is 2.00 bits per heavy atom. The SMILES string of the molecule is CCOc1cc(/C=N/NC(=O)c2cccs2)ccc1OC(=O)c1ccc([N+](=O)[O-])c(C)c1. The van der Waals surface area contributed by atoms with Crippen LogP contribution in [0.1, 0.15) is 38.1 Å². The maximum atomic E-state index is 12.5. The van der Waals surface area contributed by atoms with Crippen LogP contribution >= 0.6 is 11.3 Å². The van der Waals surface area contributed by atoms with Crippen LogP contribution in [0.4, 0.5) is 5.69 Å². The molecule has 164 valence electrons. The standard InChI is InChI=1S/C22H19N3O6S/c1-3-30-19-12-15(13-23-24-21(26)20-5-4-10-32-20)6-9-18(19)31-22(27)16-7-8-17(25(28)29)14(2)11-16/h4-13H,3H2,1-2H3,(H,24,26)/b23-13+. The van der Waals surface area contributed by atoms with E-state index in [9.17, 15) is 19.7 Å². The Bertz CT molecular complexity index is 1170. The Labute approximate surface area is 187 Å². The van der Waals surface area contributed by atoms with Gasteiger partial charge in [-0.15, -0.1) is 11.3 Å². The second-order valence-electron chi connectivity index (χ2n) is 6.46. The molecule has 1 amide bonds. The van der Waals surface area contributed by atoms with Gasteiger partial charge in [0.05, 0.1) is 28.2 Å². The van der Waals surface area contributed by atoms with Crippen molar-refractivity contribution in [3.8, 4) is 11.5 Å². The molecule has 0 bridgehead atoms. The van der Waals surface area contributed by atoms with E-state index < -0.39 is 10.9 Å². The molecule has 32 heavy (non-hydrogen) atoms. The van der Waals surface area contributed by atoms with Crippen molar-refractivity contribution in [2.75, 3.05) is 6.61 Å². The number of hydrogen-bond acceptors (Lipinski definition) is 8. The fraction of sp³-hybridized carbons (Fsp3) is 0.136. The molecule has 0 radical (unpaired) electrons. The number of carbonyl (C=O) groups excluding carboxylic acids is 2. The molecule has 3 aromatic rings. The van der Waals surface area contributed by atoms with Gasteiger partial charge in [-0.25, -0.2) is 10.2 Å². The molecule has 0 fully saturated rings. The summed E-state index contributed by atoms with van der Waals surface area (Å²) in [6, 6.07) is 12.3. The Morgan fingerprint density at radius 1 is 1.19 bits per heavy atom. The van der Waals surface area contributed by atoms with Gasteiger partial charge in [0.15, 0.2) is 11.5 Å². The van der Waals surface area contributed by atoms with Crippen LogP contribution in [0.3, 0.4) is 0 Å². The minimum absolute atomic E-state index is 0.0774. The van der Waals surface area contributed by atoms with Crippen molar-refractivity contribution in [2.24, 2.45) is 5.10 Å². The minimum Gasteiger partial charge on any atom is -0.490 e. The molecule has 10 heteroatoms. The number of ether oxygens (including phenoxy) is 2. The van der Waals surface area contributed by atoms with E-state index >= 15 is 0 Å². The van der Waals surface area contributed by atoms with Crippen LogP contribution in [-0.4, -0.2) is 29.6 Å². The summed E-state index contributed by atoms with van der Waals surface area (Å²) in [5, 5.41) is 16.7. The number of thiophene rings is 1. The number of carbonyl (C=O) groups is 2. The zero-order valence-electron chi connectivity index (χ0n) is 17.2. The van der Waals surface area contributed by atoms with Crippen LogP contribution in [0.2, 0.25) is 0 Å². The summed E-state index contributed by atoms with van der Waals surface area (Å²) >= 11 is 1.31. The predicted molar refractivity (Wildman–Crippen MR) is 120 cm³/mol. The maximum Gasteiger partial charge on any atom is 0.343 e. The first-order chi connectivity index (χ1) is 15.4. The molecular formula is C22H19N3O6S. The normalized spacial score (nSPS) is 10.7. The molecule has 0 saturated carbocycles. The van der Waals surface area contributed by atoms with Crippen LogP contribution < -0.4 is 14.9 Å². The third-order valence-corrected chi connectivity index (χ3v) is 5.09. The molecule has 0 aliphatic heterocycles. The average molecular weight is 453 g/mol. The van der Waals surface area contributed by atoms with Gasteiger partial charge in [0.2, 0.25) is 0 Å². The molecule has 0 aliphatic rings. The van der Waals surface area contributed by atoms with Crippen LogP contribution in [0, 0.1) is 17.0 Å². The third kappa shape index (κ3) is 5.55. The lowest BCUT2D eigenvalue weighted by Crippen LogP contribution is -2.16. The van der Waals surface area contributed by atoms with Crippen LogP contribution in [0.5, 0.6) is 11.5 Å². The van der Waals surface area contributed by atoms with Gasteiger partial charge in [-0.3, -0.25) is 14.9 Å². The highest BCUT2D eigenvalue weighted by Crippen LogP contribution is 2.29. The van der Waals surface area contributed by atoms with Crippen molar-refractivity contribution in [1.29, 1.82) is 0 Å². The molecule has 1 heterocycles. The summed E-state index contributed by atoms with van der Waals surface area (Å²) in [6.07, 6.45) is 1.44. The van der Waals surface area contributed by atoms with Gasteiger partial charge in [0.1, 0.15) is 0 Å². The van der Waals surface area contributed by atoms with E-state index in [-0.39, 0.29) is 22.9 Å². The predicted octanol–water partition coefficient (Wildman–Crippen LogP) is 4.35. The fourth-order valence-electron chi connectivity index (χ4n) is 2.73. The largest absolute Gasteiger partial charge is 0.490 e. The molecule has 0 atom stereocenters. The molecule has 0 spiro atoms. The molecule has 1 aromatic heterocycles. The maximum absolute atomic E-state index is 12.5. The van der Waals surface area contributed by atoms with Gasteiger partial charge in [-0.2, -0.15) is 5.10 Å². The zero-order chi connectivity index (χ0) is 23.1. The van der Waals surface area contributed by atoms with Crippen molar-refractivity contribution in [3.63, 3.8) is 0 Å². The number of hydrazone groups is 1. The van der Waals surface area contributed by atoms with E-state index in [0.717, 1.165) is 0 Å². The summed E-state index contributed by atoms with van der Waals surface area (Å²) in [7, 11) is 0. The van der Waals surface area contributed by atoms with Crippen LogP contribution in [0.25, 0.3) is 0 Å². The molecule has 0 aliphatic carbocycles. The number of nitrogens with zero attached hydrogens (tertiary/aromatic N) is 2. The second kappa shape index (κ2) is 10.3. The Hall–Kier alpha value is -4.05. The Kier molecular flexibility index (Phi) is 7.29. The van der Waals surface area contributed by atoms with E-state index in [1.54, 1.807) is 49.6 Å². The highest BCUT2D eigenvalue weighted by molar-refractivity contribution is 7.12. The first-order valence-electron chi connectivity index (χ1n) is 9.50. The number of nitrogens with one attached hydrogen (secondary N) is 1. The number of amides is 1. The van der Waals surface area contributed by atoms with Crippen LogP contribution in [-0.2, 0) is 0 Å². The zero-order valence-corrected chi connectivity index (χ0v) is 18.0. The first kappa shape index (κ1) is 22.6.